The molecule has 0 radical (unpaired) electrons. The number of hydrogen-bond donors (Lipinski definition) is 2. The Bertz CT molecular complexity index is 1080. The third-order valence-electron chi connectivity index (χ3n) is 5.67. The zero-order valence-corrected chi connectivity index (χ0v) is 17.6. The maximum absolute atomic E-state index is 12.5. The van der Waals surface area contributed by atoms with Crippen LogP contribution in [0.15, 0.2) is 42.5 Å². The van der Waals surface area contributed by atoms with E-state index in [-0.39, 0.29) is 12.5 Å². The van der Waals surface area contributed by atoms with Crippen molar-refractivity contribution in [3.63, 3.8) is 0 Å². The summed E-state index contributed by atoms with van der Waals surface area (Å²) in [4.78, 5) is 30.1. The number of hydrogen-bond acceptors (Lipinski definition) is 4. The van der Waals surface area contributed by atoms with E-state index in [2.05, 4.69) is 17.2 Å². The number of aromatic nitrogens is 1. The largest absolute Gasteiger partial charge is 0.452 e. The van der Waals surface area contributed by atoms with Crippen molar-refractivity contribution >= 4 is 34.2 Å². The second-order valence-corrected chi connectivity index (χ2v) is 8.26. The van der Waals surface area contributed by atoms with Crippen LogP contribution in [0, 0.1) is 5.92 Å². The van der Waals surface area contributed by atoms with E-state index in [9.17, 15) is 9.59 Å². The lowest BCUT2D eigenvalue weighted by atomic mass is 9.87. The molecule has 1 aromatic heterocycles. The maximum Gasteiger partial charge on any atom is 0.338 e. The van der Waals surface area contributed by atoms with Crippen LogP contribution in [0.1, 0.15) is 35.0 Å². The number of nitrogens with one attached hydrogen (secondary N) is 2. The van der Waals surface area contributed by atoms with Crippen LogP contribution in [0.2, 0.25) is 0 Å². The lowest BCUT2D eigenvalue weighted by Gasteiger charge is -2.18. The molecule has 2 aromatic carbocycles. The highest BCUT2D eigenvalue weighted by Crippen LogP contribution is 2.32. The summed E-state index contributed by atoms with van der Waals surface area (Å²) in [6.07, 6.45) is 3.24. The highest BCUT2D eigenvalue weighted by atomic mass is 16.5. The van der Waals surface area contributed by atoms with Gasteiger partial charge in [-0.3, -0.25) is 4.79 Å². The van der Waals surface area contributed by atoms with Gasteiger partial charge in [-0.15, -0.1) is 0 Å². The van der Waals surface area contributed by atoms with Gasteiger partial charge in [0.25, 0.3) is 5.91 Å². The Morgan fingerprint density at radius 3 is 2.67 bits per heavy atom. The van der Waals surface area contributed by atoms with Gasteiger partial charge in [0.2, 0.25) is 0 Å². The first kappa shape index (κ1) is 20.0. The summed E-state index contributed by atoms with van der Waals surface area (Å²) in [6, 6.07) is 13.0. The van der Waals surface area contributed by atoms with Crippen LogP contribution in [0.3, 0.4) is 0 Å². The van der Waals surface area contributed by atoms with Crippen LogP contribution in [0.4, 0.5) is 11.4 Å². The van der Waals surface area contributed by atoms with Crippen molar-refractivity contribution in [3.05, 3.63) is 59.3 Å². The van der Waals surface area contributed by atoms with E-state index in [1.54, 1.807) is 6.07 Å². The minimum atomic E-state index is -0.492. The van der Waals surface area contributed by atoms with E-state index >= 15 is 0 Å². The first-order valence-electron chi connectivity index (χ1n) is 10.3. The highest BCUT2D eigenvalue weighted by molar-refractivity contribution is 5.98. The number of nitrogens with zero attached hydrogens (tertiary/aromatic N) is 1. The normalized spacial score (nSPS) is 15.5. The number of amides is 1. The Hall–Kier alpha value is -3.28. The molecule has 6 nitrogen and oxygen atoms in total. The average molecular weight is 405 g/mol. The zero-order chi connectivity index (χ0) is 21.3. The Balaban J connectivity index is 1.39. The molecule has 0 saturated carbocycles. The van der Waals surface area contributed by atoms with Gasteiger partial charge in [-0.05, 0) is 73.2 Å². The minimum Gasteiger partial charge on any atom is -0.452 e. The lowest BCUT2D eigenvalue weighted by molar-refractivity contribution is -0.119. The smallest absolute Gasteiger partial charge is 0.338 e. The summed E-state index contributed by atoms with van der Waals surface area (Å²) in [5.41, 5.74) is 5.79. The van der Waals surface area contributed by atoms with Crippen molar-refractivity contribution in [1.29, 1.82) is 0 Å². The molecule has 0 bridgehead atoms. The van der Waals surface area contributed by atoms with E-state index in [4.69, 9.17) is 4.74 Å². The van der Waals surface area contributed by atoms with Gasteiger partial charge in [-0.25, -0.2) is 4.79 Å². The number of esters is 1. The van der Waals surface area contributed by atoms with Crippen molar-refractivity contribution in [3.8, 4) is 0 Å². The molecular formula is C24H27N3O3. The molecule has 30 heavy (non-hydrogen) atoms. The monoisotopic (exact) mass is 405 g/mol. The lowest BCUT2D eigenvalue weighted by Crippen LogP contribution is -2.21. The van der Waals surface area contributed by atoms with Crippen LogP contribution in [0.5, 0.6) is 0 Å². The van der Waals surface area contributed by atoms with Gasteiger partial charge in [-0.1, -0.05) is 6.92 Å². The number of benzene rings is 2. The molecular weight excluding hydrogens is 378 g/mol. The van der Waals surface area contributed by atoms with Crippen molar-refractivity contribution in [2.75, 3.05) is 30.9 Å². The van der Waals surface area contributed by atoms with Crippen LogP contribution in [-0.4, -0.2) is 37.6 Å². The molecule has 0 spiro atoms. The van der Waals surface area contributed by atoms with E-state index in [1.807, 2.05) is 55.4 Å². The van der Waals surface area contributed by atoms with Crippen molar-refractivity contribution < 1.29 is 14.3 Å². The number of carbonyl (C=O) groups is 2. The summed E-state index contributed by atoms with van der Waals surface area (Å²) in [5, 5.41) is 3.83. The molecule has 1 unspecified atom stereocenters. The van der Waals surface area contributed by atoms with Gasteiger partial charge in [0, 0.05) is 42.1 Å². The third-order valence-corrected chi connectivity index (χ3v) is 5.67. The first-order chi connectivity index (χ1) is 14.4. The molecule has 156 valence electrons. The summed E-state index contributed by atoms with van der Waals surface area (Å²) in [5.74, 6) is -0.216. The maximum atomic E-state index is 12.5. The summed E-state index contributed by atoms with van der Waals surface area (Å²) < 4.78 is 5.25. The fourth-order valence-corrected chi connectivity index (χ4v) is 3.97. The number of aryl methyl sites for hydroxylation is 1. The molecule has 1 atom stereocenters. The topological polar surface area (TPSA) is 74.4 Å². The van der Waals surface area contributed by atoms with Crippen LogP contribution in [0.25, 0.3) is 10.9 Å². The quantitative estimate of drug-likeness (QED) is 0.625. The number of anilines is 2. The van der Waals surface area contributed by atoms with Gasteiger partial charge in [0.15, 0.2) is 6.61 Å². The van der Waals surface area contributed by atoms with Crippen molar-refractivity contribution in [1.82, 2.24) is 4.98 Å². The Morgan fingerprint density at radius 2 is 1.93 bits per heavy atom. The summed E-state index contributed by atoms with van der Waals surface area (Å²) in [6.45, 7) is 1.93. The van der Waals surface area contributed by atoms with Crippen LogP contribution in [-0.2, 0) is 22.4 Å². The van der Waals surface area contributed by atoms with Gasteiger partial charge in [0.1, 0.15) is 0 Å². The average Bonchev–Trinajstić information content (AvgIpc) is 3.09. The molecule has 1 heterocycles. The van der Waals surface area contributed by atoms with Gasteiger partial charge in [0.05, 0.1) is 5.56 Å². The molecule has 6 heteroatoms. The van der Waals surface area contributed by atoms with E-state index in [0.717, 1.165) is 29.4 Å². The second-order valence-electron chi connectivity index (χ2n) is 8.26. The SMILES string of the molecule is CC1CCc2[nH]c3ccc(C(=O)OCC(=O)Nc4ccc(N(C)C)cc4)cc3c2C1. The number of rotatable bonds is 5. The molecule has 4 rings (SSSR count). The molecule has 1 aliphatic carbocycles. The number of carbonyl (C=O) groups excluding carboxylic acids is 2. The fourth-order valence-electron chi connectivity index (χ4n) is 3.97. The van der Waals surface area contributed by atoms with E-state index in [0.29, 0.717) is 17.2 Å². The molecule has 0 fully saturated rings. The Labute approximate surface area is 176 Å². The second kappa shape index (κ2) is 8.22. The van der Waals surface area contributed by atoms with Crippen LogP contribution < -0.4 is 10.2 Å². The summed E-state index contributed by atoms with van der Waals surface area (Å²) in [7, 11) is 3.91. The van der Waals surface area contributed by atoms with E-state index < -0.39 is 5.97 Å². The van der Waals surface area contributed by atoms with Gasteiger partial charge < -0.3 is 19.9 Å². The molecule has 1 aliphatic rings. The first-order valence-corrected chi connectivity index (χ1v) is 10.3. The van der Waals surface area contributed by atoms with Gasteiger partial charge >= 0.3 is 5.97 Å². The third kappa shape index (κ3) is 4.17. The number of H-pyrrole nitrogens is 1. The standard InChI is InChI=1S/C24H27N3O3/c1-15-4-10-21-19(12-15)20-13-16(5-11-22(20)26-21)24(29)30-14-23(28)25-17-6-8-18(9-7-17)27(2)3/h5-9,11,13,15,26H,4,10,12,14H2,1-3H3,(H,25,28). The molecule has 0 aliphatic heterocycles. The number of fused-ring (bicyclic) bond motifs is 3. The zero-order valence-electron chi connectivity index (χ0n) is 17.6. The summed E-state index contributed by atoms with van der Waals surface area (Å²) >= 11 is 0. The molecule has 1 amide bonds. The number of ether oxygens (including phenoxy) is 1. The predicted molar refractivity (Wildman–Crippen MR) is 119 cm³/mol. The van der Waals surface area contributed by atoms with E-state index in [1.165, 1.54) is 17.7 Å². The minimum absolute atomic E-state index is 0.325. The predicted octanol–water partition coefficient (Wildman–Crippen LogP) is 4.15. The molecule has 0 saturated heterocycles. The fraction of sp³-hybridized carbons (Fsp3) is 0.333. The molecule has 2 N–H and O–H groups in total. The van der Waals surface area contributed by atoms with Crippen molar-refractivity contribution in [2.24, 2.45) is 5.92 Å². The van der Waals surface area contributed by atoms with Crippen LogP contribution >= 0.6 is 0 Å². The Kier molecular flexibility index (Phi) is 5.48. The Morgan fingerprint density at radius 1 is 1.17 bits per heavy atom. The number of aromatic amines is 1. The van der Waals surface area contributed by atoms with Crippen molar-refractivity contribution in [2.45, 2.75) is 26.2 Å². The highest BCUT2D eigenvalue weighted by Gasteiger charge is 2.21. The van der Waals surface area contributed by atoms with Gasteiger partial charge in [-0.2, -0.15) is 0 Å². The molecule has 3 aromatic rings.